The molecule has 0 aliphatic heterocycles. The highest BCUT2D eigenvalue weighted by Gasteiger charge is 2.15. The van der Waals surface area contributed by atoms with Crippen molar-refractivity contribution < 1.29 is 0 Å². The van der Waals surface area contributed by atoms with Gasteiger partial charge in [0.1, 0.15) is 0 Å². The van der Waals surface area contributed by atoms with Crippen molar-refractivity contribution in [2.24, 2.45) is 0 Å². The molecule has 4 N–H and O–H groups in total. The topological polar surface area (TPSA) is 48.1 Å². The summed E-state index contributed by atoms with van der Waals surface area (Å²) in [6, 6.07) is 6.78. The average Bonchev–Trinajstić information content (AvgIpc) is 2.70. The van der Waals surface area contributed by atoms with Crippen LogP contribution in [0.5, 0.6) is 0 Å². The molecule has 1 rings (SSSR count). The Labute approximate surface area is 195 Å². The molecule has 1 aromatic rings. The van der Waals surface area contributed by atoms with Crippen molar-refractivity contribution in [3.63, 3.8) is 0 Å². The zero-order chi connectivity index (χ0) is 22.4. The largest absolute Gasteiger partial charge is 0.363 e. The zero-order valence-electron chi connectivity index (χ0n) is 19.6. The fourth-order valence-corrected chi connectivity index (χ4v) is 3.39. The molecule has 0 fully saturated rings. The third-order valence-corrected chi connectivity index (χ3v) is 5.53. The third kappa shape index (κ3) is 11.7. The first-order chi connectivity index (χ1) is 14.3. The third-order valence-electron chi connectivity index (χ3n) is 4.96. The molecule has 6 heteroatoms. The summed E-state index contributed by atoms with van der Waals surface area (Å²) >= 11 is 10.9. The molecule has 0 saturated heterocycles. The molecule has 0 heterocycles. The standard InChI is InChI=1S/C24H42N4S2/c1-6-8-10-12-25-22(29)27-17-19-14-20(16-21(15-19)24(3,4)5)18-28-23(30)26-13-11-9-7-2/h14-16H,6-13,17-18H2,1-5H3,(H2,25,27,29)(H2,26,28,30). The summed E-state index contributed by atoms with van der Waals surface area (Å²) in [7, 11) is 0. The number of unbranched alkanes of at least 4 members (excludes halogenated alkanes) is 4. The van der Waals surface area contributed by atoms with E-state index in [2.05, 4.69) is 74.1 Å². The molecule has 30 heavy (non-hydrogen) atoms. The number of benzene rings is 1. The van der Waals surface area contributed by atoms with Crippen LogP contribution in [0, 0.1) is 0 Å². The van der Waals surface area contributed by atoms with Crippen molar-refractivity contribution >= 4 is 34.7 Å². The quantitative estimate of drug-likeness (QED) is 0.256. The van der Waals surface area contributed by atoms with Crippen LogP contribution < -0.4 is 21.3 Å². The van der Waals surface area contributed by atoms with E-state index in [1.165, 1.54) is 42.4 Å². The minimum Gasteiger partial charge on any atom is -0.363 e. The van der Waals surface area contributed by atoms with Gasteiger partial charge in [0.15, 0.2) is 10.2 Å². The molecular weight excluding hydrogens is 408 g/mol. The number of hydrogen-bond donors (Lipinski definition) is 4. The van der Waals surface area contributed by atoms with E-state index in [1.54, 1.807) is 0 Å². The smallest absolute Gasteiger partial charge is 0.166 e. The predicted octanol–water partition coefficient (Wildman–Crippen LogP) is 5.29. The summed E-state index contributed by atoms with van der Waals surface area (Å²) in [5, 5.41) is 14.7. The number of thiocarbonyl (C=S) groups is 2. The number of nitrogens with one attached hydrogen (secondary N) is 4. The Hall–Kier alpha value is -1.40. The summed E-state index contributed by atoms with van der Waals surface area (Å²) in [5.74, 6) is 0. The fourth-order valence-electron chi connectivity index (χ4n) is 3.04. The molecule has 0 atom stereocenters. The molecule has 4 nitrogen and oxygen atoms in total. The molecule has 0 unspecified atom stereocenters. The van der Waals surface area contributed by atoms with Crippen LogP contribution in [0.4, 0.5) is 0 Å². The van der Waals surface area contributed by atoms with Gasteiger partial charge in [-0.2, -0.15) is 0 Å². The Kier molecular flexibility index (Phi) is 12.9. The van der Waals surface area contributed by atoms with E-state index < -0.39 is 0 Å². The van der Waals surface area contributed by atoms with Gasteiger partial charge in [-0.3, -0.25) is 0 Å². The summed E-state index contributed by atoms with van der Waals surface area (Å²) in [5.41, 5.74) is 3.88. The summed E-state index contributed by atoms with van der Waals surface area (Å²) in [4.78, 5) is 0. The molecule has 1 aromatic carbocycles. The van der Waals surface area contributed by atoms with Crippen molar-refractivity contribution in [3.8, 4) is 0 Å². The normalized spacial score (nSPS) is 11.1. The molecule has 0 aliphatic rings. The van der Waals surface area contributed by atoms with E-state index in [0.29, 0.717) is 0 Å². The lowest BCUT2D eigenvalue weighted by Crippen LogP contribution is -2.36. The molecule has 0 aliphatic carbocycles. The SMILES string of the molecule is CCCCCNC(=S)NCc1cc(CNC(=S)NCCCCC)cc(C(C)(C)C)c1. The van der Waals surface area contributed by atoms with E-state index in [4.69, 9.17) is 24.4 Å². The second kappa shape index (κ2) is 14.6. The van der Waals surface area contributed by atoms with Gasteiger partial charge < -0.3 is 21.3 Å². The van der Waals surface area contributed by atoms with E-state index in [1.807, 2.05) is 0 Å². The van der Waals surface area contributed by atoms with Gasteiger partial charge in [-0.25, -0.2) is 0 Å². The Morgan fingerprint density at radius 2 is 1.13 bits per heavy atom. The highest BCUT2D eigenvalue weighted by Crippen LogP contribution is 2.24. The minimum atomic E-state index is 0.0859. The van der Waals surface area contributed by atoms with Crippen molar-refractivity contribution in [2.45, 2.75) is 91.6 Å². The van der Waals surface area contributed by atoms with E-state index in [-0.39, 0.29) is 5.41 Å². The van der Waals surface area contributed by atoms with Gasteiger partial charge in [0.25, 0.3) is 0 Å². The Bertz CT molecular complexity index is 607. The van der Waals surface area contributed by atoms with Crippen LogP contribution in [0.1, 0.15) is 89.8 Å². The minimum absolute atomic E-state index is 0.0859. The van der Waals surface area contributed by atoms with E-state index >= 15 is 0 Å². The van der Waals surface area contributed by atoms with Crippen molar-refractivity contribution in [3.05, 3.63) is 34.9 Å². The molecule has 0 saturated carbocycles. The summed E-state index contributed by atoms with van der Waals surface area (Å²) in [6.45, 7) is 14.5. The Morgan fingerprint density at radius 3 is 1.50 bits per heavy atom. The maximum Gasteiger partial charge on any atom is 0.166 e. The maximum atomic E-state index is 5.43. The van der Waals surface area contributed by atoms with Crippen LogP contribution in [0.3, 0.4) is 0 Å². The monoisotopic (exact) mass is 450 g/mol. The highest BCUT2D eigenvalue weighted by molar-refractivity contribution is 7.80. The van der Waals surface area contributed by atoms with Crippen molar-refractivity contribution in [2.75, 3.05) is 13.1 Å². The first kappa shape index (κ1) is 26.6. The van der Waals surface area contributed by atoms with Gasteiger partial charge in [0.2, 0.25) is 0 Å². The lowest BCUT2D eigenvalue weighted by molar-refractivity contribution is 0.587. The van der Waals surface area contributed by atoms with Gasteiger partial charge in [-0.1, -0.05) is 78.5 Å². The predicted molar refractivity (Wildman–Crippen MR) is 139 cm³/mol. The van der Waals surface area contributed by atoms with Gasteiger partial charge in [0.05, 0.1) is 0 Å². The van der Waals surface area contributed by atoms with E-state index in [9.17, 15) is 0 Å². The zero-order valence-corrected chi connectivity index (χ0v) is 21.3. The van der Waals surface area contributed by atoms with Crippen LogP contribution in [0.15, 0.2) is 18.2 Å². The van der Waals surface area contributed by atoms with Crippen LogP contribution >= 0.6 is 24.4 Å². The molecule has 170 valence electrons. The molecule has 0 aromatic heterocycles. The van der Waals surface area contributed by atoms with Crippen LogP contribution in [-0.4, -0.2) is 23.3 Å². The molecule has 0 radical (unpaired) electrons. The highest BCUT2D eigenvalue weighted by atomic mass is 32.1. The lowest BCUT2D eigenvalue weighted by Gasteiger charge is -2.22. The summed E-state index contributed by atoms with van der Waals surface area (Å²) in [6.07, 6.45) is 7.20. The van der Waals surface area contributed by atoms with Crippen LogP contribution in [0.25, 0.3) is 0 Å². The first-order valence-corrected chi connectivity index (χ1v) is 12.2. The second-order valence-corrected chi connectivity index (χ2v) is 9.74. The number of rotatable bonds is 12. The van der Waals surface area contributed by atoms with Crippen LogP contribution in [-0.2, 0) is 18.5 Å². The van der Waals surface area contributed by atoms with Crippen LogP contribution in [0.2, 0.25) is 0 Å². The summed E-state index contributed by atoms with van der Waals surface area (Å²) < 4.78 is 0. The first-order valence-electron chi connectivity index (χ1n) is 11.4. The van der Waals surface area contributed by atoms with Gasteiger partial charge >= 0.3 is 0 Å². The molecule has 0 bridgehead atoms. The molecule has 0 spiro atoms. The van der Waals surface area contributed by atoms with Gasteiger partial charge in [0, 0.05) is 26.2 Å². The van der Waals surface area contributed by atoms with Gasteiger partial charge in [-0.15, -0.1) is 0 Å². The average molecular weight is 451 g/mol. The fraction of sp³-hybridized carbons (Fsp3) is 0.667. The lowest BCUT2D eigenvalue weighted by atomic mass is 9.85. The van der Waals surface area contributed by atoms with E-state index in [0.717, 1.165) is 49.2 Å². The Balaban J connectivity index is 2.65. The van der Waals surface area contributed by atoms with Gasteiger partial charge in [-0.05, 0) is 59.4 Å². The second-order valence-electron chi connectivity index (χ2n) is 8.92. The number of hydrogen-bond acceptors (Lipinski definition) is 2. The molecular formula is C24H42N4S2. The Morgan fingerprint density at radius 1 is 0.700 bits per heavy atom. The van der Waals surface area contributed by atoms with Crippen molar-refractivity contribution in [1.29, 1.82) is 0 Å². The maximum absolute atomic E-state index is 5.43. The van der Waals surface area contributed by atoms with Crippen molar-refractivity contribution in [1.82, 2.24) is 21.3 Å². The molecule has 0 amide bonds.